The van der Waals surface area contributed by atoms with Crippen molar-refractivity contribution in [2.24, 2.45) is 0 Å². The van der Waals surface area contributed by atoms with Crippen LogP contribution < -0.4 is 5.32 Å². The van der Waals surface area contributed by atoms with Gasteiger partial charge < -0.3 is 5.32 Å². The van der Waals surface area contributed by atoms with Crippen molar-refractivity contribution in [3.63, 3.8) is 0 Å². The number of carbonyl (C=O) groups excluding carboxylic acids is 1. The van der Waals surface area contributed by atoms with Crippen LogP contribution in [0.1, 0.15) is 48.0 Å². The molecule has 0 spiro atoms. The number of amides is 1. The minimum atomic E-state index is 0.0372. The van der Waals surface area contributed by atoms with E-state index < -0.39 is 0 Å². The molecule has 0 heterocycles. The molecule has 2 unspecified atom stereocenters. The Kier molecular flexibility index (Phi) is 5.46. The minimum absolute atomic E-state index is 0.0372. The summed E-state index contributed by atoms with van der Waals surface area (Å²) in [5.41, 5.74) is 1.78. The molecule has 2 nitrogen and oxygen atoms in total. The molecule has 1 amide bonds. The Morgan fingerprint density at radius 3 is 2.79 bits per heavy atom. The largest absolute Gasteiger partial charge is 0.348 e. The van der Waals surface area contributed by atoms with Crippen molar-refractivity contribution < 1.29 is 4.79 Å². The number of benzene rings is 1. The second-order valence-corrected chi connectivity index (χ2v) is 7.29. The third-order valence-electron chi connectivity index (χ3n) is 3.69. The second kappa shape index (κ2) is 6.89. The first kappa shape index (κ1) is 15.0. The number of aryl methyl sites for hydroxylation is 1. The fourth-order valence-corrected chi connectivity index (χ4v) is 3.59. The number of nitrogens with one attached hydrogen (secondary N) is 1. The molecular weight excluding hydrogens is 370 g/mol. The third kappa shape index (κ3) is 4.06. The maximum Gasteiger partial charge on any atom is 0.251 e. The van der Waals surface area contributed by atoms with Gasteiger partial charge in [-0.3, -0.25) is 4.79 Å². The molecule has 104 valence electrons. The lowest BCUT2D eigenvalue weighted by molar-refractivity contribution is 0.0934. The number of carbonyl (C=O) groups is 1. The Bertz CT molecular complexity index is 461. The Balaban J connectivity index is 2.09. The molecule has 0 aliphatic heterocycles. The van der Waals surface area contributed by atoms with E-state index in [1.54, 1.807) is 0 Å². The predicted octanol–water partition coefficient (Wildman–Crippen LogP) is 4.58. The van der Waals surface area contributed by atoms with E-state index in [2.05, 4.69) is 37.2 Å². The molecule has 1 aromatic rings. The van der Waals surface area contributed by atoms with Crippen LogP contribution in [0, 0.1) is 6.92 Å². The normalized spacial score (nSPS) is 23.7. The highest BCUT2D eigenvalue weighted by molar-refractivity contribution is 9.10. The molecule has 1 aromatic carbocycles. The summed E-state index contributed by atoms with van der Waals surface area (Å²) in [5, 5.41) is 3.19. The highest BCUT2D eigenvalue weighted by Gasteiger charge is 2.23. The SMILES string of the molecule is Cc1ccc(Br)cc1C(=O)NC1CCCCCC1Br. The molecule has 0 bridgehead atoms. The van der Waals surface area contributed by atoms with Crippen LogP contribution in [-0.4, -0.2) is 16.8 Å². The number of hydrogen-bond acceptors (Lipinski definition) is 1. The predicted molar refractivity (Wildman–Crippen MR) is 85.9 cm³/mol. The van der Waals surface area contributed by atoms with Gasteiger partial charge in [-0.2, -0.15) is 0 Å². The van der Waals surface area contributed by atoms with E-state index in [-0.39, 0.29) is 11.9 Å². The standard InChI is InChI=1S/C15H19Br2NO/c1-10-7-8-11(16)9-12(10)15(19)18-14-6-4-2-3-5-13(14)17/h7-9,13-14H,2-6H2,1H3,(H,18,19). The van der Waals surface area contributed by atoms with Crippen molar-refractivity contribution in [1.82, 2.24) is 5.32 Å². The van der Waals surface area contributed by atoms with Gasteiger partial charge in [0.05, 0.1) is 0 Å². The van der Waals surface area contributed by atoms with Crippen molar-refractivity contribution in [2.45, 2.75) is 49.9 Å². The van der Waals surface area contributed by atoms with E-state index >= 15 is 0 Å². The quantitative estimate of drug-likeness (QED) is 0.582. The molecule has 0 saturated heterocycles. The molecule has 2 atom stereocenters. The fourth-order valence-electron chi connectivity index (χ4n) is 2.51. The van der Waals surface area contributed by atoms with Crippen LogP contribution in [0.25, 0.3) is 0 Å². The van der Waals surface area contributed by atoms with Crippen LogP contribution >= 0.6 is 31.9 Å². The molecule has 1 aliphatic carbocycles. The zero-order chi connectivity index (χ0) is 13.8. The van der Waals surface area contributed by atoms with Crippen molar-refractivity contribution in [2.75, 3.05) is 0 Å². The summed E-state index contributed by atoms with van der Waals surface area (Å²) in [4.78, 5) is 12.8. The average Bonchev–Trinajstić information content (AvgIpc) is 2.58. The van der Waals surface area contributed by atoms with Crippen molar-refractivity contribution in [3.8, 4) is 0 Å². The number of hydrogen-bond donors (Lipinski definition) is 1. The second-order valence-electron chi connectivity index (χ2n) is 5.19. The topological polar surface area (TPSA) is 29.1 Å². The Morgan fingerprint density at radius 2 is 2.00 bits per heavy atom. The molecule has 1 fully saturated rings. The lowest BCUT2D eigenvalue weighted by Crippen LogP contribution is -2.40. The number of halogens is 2. The van der Waals surface area contributed by atoms with Gasteiger partial charge >= 0.3 is 0 Å². The van der Waals surface area contributed by atoms with Gasteiger partial charge in [0.1, 0.15) is 0 Å². The molecular formula is C15H19Br2NO. The van der Waals surface area contributed by atoms with Gasteiger partial charge in [0.25, 0.3) is 5.91 Å². The van der Waals surface area contributed by atoms with E-state index in [0.29, 0.717) is 4.83 Å². The number of rotatable bonds is 2. The van der Waals surface area contributed by atoms with Gasteiger partial charge in [0.15, 0.2) is 0 Å². The molecule has 4 heteroatoms. The van der Waals surface area contributed by atoms with Gasteiger partial charge in [0, 0.05) is 20.9 Å². The van der Waals surface area contributed by atoms with E-state index in [9.17, 15) is 4.79 Å². The van der Waals surface area contributed by atoms with Crippen LogP contribution in [0.4, 0.5) is 0 Å². The highest BCUT2D eigenvalue weighted by atomic mass is 79.9. The Morgan fingerprint density at radius 1 is 1.26 bits per heavy atom. The van der Waals surface area contributed by atoms with Crippen molar-refractivity contribution >= 4 is 37.8 Å². The zero-order valence-corrected chi connectivity index (χ0v) is 14.3. The van der Waals surface area contributed by atoms with Crippen LogP contribution in [0.15, 0.2) is 22.7 Å². The van der Waals surface area contributed by atoms with E-state index in [1.807, 2.05) is 25.1 Å². The van der Waals surface area contributed by atoms with Gasteiger partial charge in [-0.15, -0.1) is 0 Å². The van der Waals surface area contributed by atoms with Crippen molar-refractivity contribution in [1.29, 1.82) is 0 Å². The molecule has 0 radical (unpaired) electrons. The zero-order valence-electron chi connectivity index (χ0n) is 11.1. The summed E-state index contributed by atoms with van der Waals surface area (Å²) in [6.07, 6.45) is 5.92. The first-order chi connectivity index (χ1) is 9.08. The number of alkyl halides is 1. The summed E-state index contributed by atoms with van der Waals surface area (Å²) in [6.45, 7) is 1.97. The summed E-state index contributed by atoms with van der Waals surface area (Å²) in [5.74, 6) is 0.0372. The first-order valence-corrected chi connectivity index (χ1v) is 8.50. The van der Waals surface area contributed by atoms with Gasteiger partial charge in [0.2, 0.25) is 0 Å². The van der Waals surface area contributed by atoms with Crippen LogP contribution in [-0.2, 0) is 0 Å². The average molecular weight is 389 g/mol. The highest BCUT2D eigenvalue weighted by Crippen LogP contribution is 2.24. The van der Waals surface area contributed by atoms with Gasteiger partial charge in [-0.05, 0) is 37.5 Å². The van der Waals surface area contributed by atoms with Crippen LogP contribution in [0.3, 0.4) is 0 Å². The summed E-state index contributed by atoms with van der Waals surface area (Å²) in [6, 6.07) is 6.07. The van der Waals surface area contributed by atoms with E-state index in [4.69, 9.17) is 0 Å². The van der Waals surface area contributed by atoms with Crippen LogP contribution in [0.5, 0.6) is 0 Å². The lowest BCUT2D eigenvalue weighted by Gasteiger charge is -2.22. The molecule has 19 heavy (non-hydrogen) atoms. The first-order valence-electron chi connectivity index (χ1n) is 6.79. The third-order valence-corrected chi connectivity index (χ3v) is 5.28. The summed E-state index contributed by atoms with van der Waals surface area (Å²) < 4.78 is 0.944. The fraction of sp³-hybridized carbons (Fsp3) is 0.533. The molecule has 2 rings (SSSR count). The molecule has 1 aliphatic rings. The Hall–Kier alpha value is -0.350. The summed E-state index contributed by atoms with van der Waals surface area (Å²) in [7, 11) is 0. The maximum atomic E-state index is 12.4. The molecule has 1 N–H and O–H groups in total. The molecule has 0 aromatic heterocycles. The smallest absolute Gasteiger partial charge is 0.251 e. The van der Waals surface area contributed by atoms with Crippen molar-refractivity contribution in [3.05, 3.63) is 33.8 Å². The molecule has 1 saturated carbocycles. The minimum Gasteiger partial charge on any atom is -0.348 e. The maximum absolute atomic E-state index is 12.4. The summed E-state index contributed by atoms with van der Waals surface area (Å²) >= 11 is 7.14. The van der Waals surface area contributed by atoms with Gasteiger partial charge in [-0.1, -0.05) is 57.2 Å². The van der Waals surface area contributed by atoms with Gasteiger partial charge in [-0.25, -0.2) is 0 Å². The van der Waals surface area contributed by atoms with E-state index in [1.165, 1.54) is 19.3 Å². The lowest BCUT2D eigenvalue weighted by atomic mass is 10.1. The monoisotopic (exact) mass is 387 g/mol. The van der Waals surface area contributed by atoms with Crippen LogP contribution in [0.2, 0.25) is 0 Å². The Labute approximate surface area is 131 Å². The van der Waals surface area contributed by atoms with E-state index in [0.717, 1.165) is 28.4 Å².